The number of nitrogens with one attached hydrogen (secondary N) is 1. The summed E-state index contributed by atoms with van der Waals surface area (Å²) in [5, 5.41) is 24.4. The third kappa shape index (κ3) is 1.79. The first kappa shape index (κ1) is 10.4. The second-order valence-corrected chi connectivity index (χ2v) is 3.64. The molecule has 0 unspecified atom stereocenters. The lowest BCUT2D eigenvalue weighted by molar-refractivity contribution is -0.397. The monoisotopic (exact) mass is 242 g/mol. The minimum Gasteiger partial charge on any atom is -0.390 e. The number of hydrogen-bond donors (Lipinski definition) is 2. The van der Waals surface area contributed by atoms with Crippen LogP contribution in [0.2, 0.25) is 0 Å². The first-order valence-corrected chi connectivity index (χ1v) is 4.79. The molecule has 84 valence electrons. The maximum Gasteiger partial charge on any atom is 0.459 e. The number of nitro groups is 1. The summed E-state index contributed by atoms with van der Waals surface area (Å²) in [6.45, 7) is 0. The van der Waals surface area contributed by atoms with Crippen molar-refractivity contribution in [1.82, 2.24) is 29.9 Å². The summed E-state index contributed by atoms with van der Waals surface area (Å²) in [7, 11) is 1.48. The van der Waals surface area contributed by atoms with Crippen molar-refractivity contribution in [3.05, 3.63) is 10.1 Å². The van der Waals surface area contributed by atoms with Crippen molar-refractivity contribution in [2.75, 3.05) is 5.73 Å². The molecule has 0 saturated heterocycles. The van der Waals surface area contributed by atoms with Gasteiger partial charge in [-0.25, -0.2) is 9.67 Å². The summed E-state index contributed by atoms with van der Waals surface area (Å²) >= 11 is 1.02. The Hall–Kier alpha value is -2.17. The summed E-state index contributed by atoms with van der Waals surface area (Å²) in [6.07, 6.45) is 0. The lowest BCUT2D eigenvalue weighted by Gasteiger charge is -1.93. The molecule has 2 rings (SSSR count). The Morgan fingerprint density at radius 2 is 2.31 bits per heavy atom. The fourth-order valence-electron chi connectivity index (χ4n) is 0.941. The lowest BCUT2D eigenvalue weighted by Crippen LogP contribution is -1.99. The molecule has 0 aromatic carbocycles. The number of aromatic nitrogens is 6. The molecule has 11 heteroatoms. The number of nitrogen functional groups attached to an aromatic ring is 1. The summed E-state index contributed by atoms with van der Waals surface area (Å²) in [5.74, 6) is -0.176. The summed E-state index contributed by atoms with van der Waals surface area (Å²) in [6, 6.07) is 0. The molecule has 10 nitrogen and oxygen atoms in total. The Kier molecular flexibility index (Phi) is 2.44. The van der Waals surface area contributed by atoms with E-state index in [-0.39, 0.29) is 11.9 Å². The highest BCUT2D eigenvalue weighted by Gasteiger charge is 2.21. The molecular formula is C5H6N8O2S. The largest absolute Gasteiger partial charge is 0.459 e. The molecule has 0 aliphatic carbocycles. The van der Waals surface area contributed by atoms with Gasteiger partial charge in [0.2, 0.25) is 11.1 Å². The van der Waals surface area contributed by atoms with E-state index in [1.807, 2.05) is 0 Å². The van der Waals surface area contributed by atoms with Crippen LogP contribution in [-0.4, -0.2) is 34.9 Å². The molecule has 0 aliphatic heterocycles. The van der Waals surface area contributed by atoms with Gasteiger partial charge in [0.1, 0.15) is 0 Å². The van der Waals surface area contributed by atoms with Crippen molar-refractivity contribution in [2.24, 2.45) is 7.05 Å². The van der Waals surface area contributed by atoms with Crippen LogP contribution in [0.3, 0.4) is 0 Å². The van der Waals surface area contributed by atoms with Crippen molar-refractivity contribution < 1.29 is 4.92 Å². The number of nitrogens with two attached hydrogens (primary N) is 1. The fourth-order valence-corrected chi connectivity index (χ4v) is 1.64. The number of nitrogens with zero attached hydrogens (tertiary/aromatic N) is 6. The Bertz CT molecular complexity index is 532. The average Bonchev–Trinajstić information content (AvgIpc) is 2.76. The third-order valence-corrected chi connectivity index (χ3v) is 2.54. The van der Waals surface area contributed by atoms with E-state index in [0.29, 0.717) is 10.3 Å². The predicted molar refractivity (Wildman–Crippen MR) is 52.6 cm³/mol. The van der Waals surface area contributed by atoms with Gasteiger partial charge < -0.3 is 15.8 Å². The van der Waals surface area contributed by atoms with Gasteiger partial charge in [-0.3, -0.25) is 0 Å². The number of rotatable bonds is 3. The minimum atomic E-state index is -0.622. The zero-order valence-electron chi connectivity index (χ0n) is 7.99. The molecule has 0 amide bonds. The molecule has 2 aromatic rings. The Morgan fingerprint density at radius 3 is 2.81 bits per heavy atom. The molecule has 0 saturated carbocycles. The second kappa shape index (κ2) is 3.77. The van der Waals surface area contributed by atoms with Crippen LogP contribution in [0.15, 0.2) is 10.3 Å². The molecule has 0 aliphatic rings. The van der Waals surface area contributed by atoms with Crippen LogP contribution in [0.5, 0.6) is 0 Å². The van der Waals surface area contributed by atoms with Gasteiger partial charge in [-0.1, -0.05) is 0 Å². The molecule has 3 N–H and O–H groups in total. The van der Waals surface area contributed by atoms with E-state index in [9.17, 15) is 10.1 Å². The van der Waals surface area contributed by atoms with E-state index in [0.717, 1.165) is 11.8 Å². The highest BCUT2D eigenvalue weighted by Crippen LogP contribution is 2.24. The zero-order chi connectivity index (χ0) is 11.7. The van der Waals surface area contributed by atoms with Gasteiger partial charge in [-0.15, -0.1) is 5.10 Å². The van der Waals surface area contributed by atoms with Crippen molar-refractivity contribution in [3.63, 3.8) is 0 Å². The second-order valence-electron chi connectivity index (χ2n) is 2.70. The molecule has 0 spiro atoms. The Labute approximate surface area is 92.4 Å². The van der Waals surface area contributed by atoms with E-state index in [1.165, 1.54) is 11.6 Å². The maximum atomic E-state index is 10.5. The van der Waals surface area contributed by atoms with Gasteiger partial charge in [0.25, 0.3) is 5.16 Å². The van der Waals surface area contributed by atoms with Crippen LogP contribution in [0, 0.1) is 10.1 Å². The van der Waals surface area contributed by atoms with Gasteiger partial charge >= 0.3 is 5.95 Å². The van der Waals surface area contributed by atoms with Gasteiger partial charge in [0.15, 0.2) is 0 Å². The third-order valence-electron chi connectivity index (χ3n) is 1.64. The van der Waals surface area contributed by atoms with Crippen LogP contribution >= 0.6 is 11.8 Å². The summed E-state index contributed by atoms with van der Waals surface area (Å²) < 4.78 is 1.23. The highest BCUT2D eigenvalue weighted by atomic mass is 32.2. The highest BCUT2D eigenvalue weighted by molar-refractivity contribution is 7.99. The topological polar surface area (TPSA) is 141 Å². The SMILES string of the molecule is Cn1c(Sc2n[nH]c(N)n2)nnc1[N+](=O)[O-]. The Morgan fingerprint density at radius 1 is 1.56 bits per heavy atom. The first-order valence-electron chi connectivity index (χ1n) is 3.97. The number of aromatic amines is 1. The van der Waals surface area contributed by atoms with E-state index >= 15 is 0 Å². The van der Waals surface area contributed by atoms with Crippen molar-refractivity contribution in [3.8, 4) is 0 Å². The zero-order valence-corrected chi connectivity index (χ0v) is 8.80. The molecule has 0 bridgehead atoms. The van der Waals surface area contributed by atoms with Crippen molar-refractivity contribution >= 4 is 23.7 Å². The standard InChI is InChI=1S/C5H6N8O2S/c1-12-4(13(14)15)10-11-5(12)16-3-7-2(6)8-9-3/h1H3,(H3,6,7,8,9). The number of hydrogen-bond acceptors (Lipinski definition) is 8. The lowest BCUT2D eigenvalue weighted by atomic mass is 11.0. The quantitative estimate of drug-likeness (QED) is 0.545. The van der Waals surface area contributed by atoms with Crippen LogP contribution in [0.25, 0.3) is 0 Å². The van der Waals surface area contributed by atoms with Crippen molar-refractivity contribution in [1.29, 1.82) is 0 Å². The first-order chi connectivity index (χ1) is 7.58. The number of anilines is 1. The normalized spacial score (nSPS) is 10.6. The average molecular weight is 242 g/mol. The van der Waals surface area contributed by atoms with E-state index in [1.54, 1.807) is 0 Å². The predicted octanol–water partition coefficient (Wildman–Crippen LogP) is -0.425. The molecule has 16 heavy (non-hydrogen) atoms. The van der Waals surface area contributed by atoms with Gasteiger partial charge in [-0.05, 0) is 10.0 Å². The molecule has 0 radical (unpaired) electrons. The summed E-state index contributed by atoms with van der Waals surface area (Å²) in [4.78, 5) is 13.7. The van der Waals surface area contributed by atoms with Gasteiger partial charge in [0, 0.05) is 11.8 Å². The Balaban J connectivity index is 2.25. The maximum absolute atomic E-state index is 10.5. The van der Waals surface area contributed by atoms with E-state index < -0.39 is 4.92 Å². The van der Waals surface area contributed by atoms with Crippen LogP contribution < -0.4 is 5.73 Å². The van der Waals surface area contributed by atoms with Crippen LogP contribution in [0.1, 0.15) is 0 Å². The minimum absolute atomic E-state index is 0.166. The molecule has 0 fully saturated rings. The van der Waals surface area contributed by atoms with Crippen LogP contribution in [-0.2, 0) is 7.05 Å². The molecule has 0 atom stereocenters. The van der Waals surface area contributed by atoms with Crippen molar-refractivity contribution in [2.45, 2.75) is 10.3 Å². The molecule has 2 aromatic heterocycles. The van der Waals surface area contributed by atoms with Crippen LogP contribution in [0.4, 0.5) is 11.9 Å². The van der Waals surface area contributed by atoms with E-state index in [4.69, 9.17) is 5.73 Å². The molecule has 2 heterocycles. The van der Waals surface area contributed by atoms with E-state index in [2.05, 4.69) is 25.4 Å². The number of H-pyrrole nitrogens is 1. The fraction of sp³-hybridized carbons (Fsp3) is 0.200. The van der Waals surface area contributed by atoms with Gasteiger partial charge in [-0.2, -0.15) is 4.98 Å². The van der Waals surface area contributed by atoms with Gasteiger partial charge in [0.05, 0.1) is 12.1 Å². The smallest absolute Gasteiger partial charge is 0.390 e. The molecular weight excluding hydrogens is 236 g/mol. The summed E-state index contributed by atoms with van der Waals surface area (Å²) in [5.41, 5.74) is 5.33.